The highest BCUT2D eigenvalue weighted by Crippen LogP contribution is 1.96. The highest BCUT2D eigenvalue weighted by molar-refractivity contribution is 5.88. The Kier molecular flexibility index (Phi) is 19.3. The molecule has 2 heteroatoms. The number of carbonyl (C=O) groups is 1. The van der Waals surface area contributed by atoms with Crippen molar-refractivity contribution < 1.29 is 4.79 Å². The zero-order valence-corrected chi connectivity index (χ0v) is 10.7. The van der Waals surface area contributed by atoms with Crippen LogP contribution in [0.15, 0.2) is 24.4 Å². The van der Waals surface area contributed by atoms with Crippen molar-refractivity contribution in [3.8, 4) is 0 Å². The maximum absolute atomic E-state index is 11.0. The van der Waals surface area contributed by atoms with Gasteiger partial charge in [0.2, 0.25) is 5.91 Å². The normalized spacial score (nSPS) is 7.93. The lowest BCUT2D eigenvalue weighted by Gasteiger charge is -2.13. The molecule has 14 heavy (non-hydrogen) atoms. The molecule has 0 rings (SSSR count). The second-order valence-corrected chi connectivity index (χ2v) is 2.13. The molecule has 0 saturated carbocycles. The van der Waals surface area contributed by atoms with Crippen molar-refractivity contribution in [1.82, 2.24) is 4.90 Å². The predicted octanol–water partition coefficient (Wildman–Crippen LogP) is 3.61. The van der Waals surface area contributed by atoms with E-state index in [9.17, 15) is 4.79 Å². The van der Waals surface area contributed by atoms with Crippen molar-refractivity contribution in [3.05, 3.63) is 24.4 Å². The molecule has 2 nitrogen and oxygen atoms in total. The van der Waals surface area contributed by atoms with Gasteiger partial charge < -0.3 is 4.90 Å². The Morgan fingerprint density at radius 1 is 1.21 bits per heavy atom. The molecule has 0 bridgehead atoms. The minimum Gasteiger partial charge on any atom is -0.317 e. The number of hydrogen-bond donors (Lipinski definition) is 0. The number of rotatable bonds is 2. The molecule has 0 aliphatic heterocycles. The lowest BCUT2D eigenvalue weighted by molar-refractivity contribution is -0.123. The maximum atomic E-state index is 11.0. The molecule has 1 amide bonds. The number of amides is 1. The molecule has 0 aromatic carbocycles. The molecule has 0 aliphatic carbocycles. The molecule has 0 radical (unpaired) electrons. The van der Waals surface area contributed by atoms with Crippen LogP contribution in [0.1, 0.15) is 41.5 Å². The standard InChI is InChI=1S/C8H13NO.2C2H6/c1-5-6-8(10)9(4)7(2)3;2*1-2/h5-6H,2H2,1,3-4H3;2*1-2H3/b6-5-;;. The minimum absolute atomic E-state index is 0.0324. The zero-order chi connectivity index (χ0) is 12.1. The van der Waals surface area contributed by atoms with Gasteiger partial charge in [0.15, 0.2) is 0 Å². The lowest BCUT2D eigenvalue weighted by Crippen LogP contribution is -2.21. The molecule has 0 aliphatic rings. The van der Waals surface area contributed by atoms with Crippen LogP contribution in [0.25, 0.3) is 0 Å². The third-order valence-corrected chi connectivity index (χ3v) is 1.21. The molecule has 0 atom stereocenters. The first-order valence-electron chi connectivity index (χ1n) is 5.15. The zero-order valence-electron chi connectivity index (χ0n) is 10.7. The summed E-state index contributed by atoms with van der Waals surface area (Å²) in [5.74, 6) is -0.0324. The van der Waals surface area contributed by atoms with E-state index < -0.39 is 0 Å². The van der Waals surface area contributed by atoms with E-state index in [4.69, 9.17) is 0 Å². The van der Waals surface area contributed by atoms with Crippen molar-refractivity contribution >= 4 is 5.91 Å². The van der Waals surface area contributed by atoms with Crippen LogP contribution in [0.3, 0.4) is 0 Å². The average Bonchev–Trinajstić information content (AvgIpc) is 2.23. The largest absolute Gasteiger partial charge is 0.317 e. The van der Waals surface area contributed by atoms with E-state index in [1.165, 1.54) is 11.0 Å². The van der Waals surface area contributed by atoms with Crippen LogP contribution in [0.4, 0.5) is 0 Å². The summed E-state index contributed by atoms with van der Waals surface area (Å²) in [5.41, 5.74) is 0.753. The van der Waals surface area contributed by atoms with Crippen molar-refractivity contribution in [3.63, 3.8) is 0 Å². The second-order valence-electron chi connectivity index (χ2n) is 2.13. The van der Waals surface area contributed by atoms with Gasteiger partial charge in [0.25, 0.3) is 0 Å². The Morgan fingerprint density at radius 3 is 1.79 bits per heavy atom. The summed E-state index contributed by atoms with van der Waals surface area (Å²) < 4.78 is 0. The topological polar surface area (TPSA) is 20.3 Å². The van der Waals surface area contributed by atoms with Crippen LogP contribution >= 0.6 is 0 Å². The van der Waals surface area contributed by atoms with E-state index in [1.807, 2.05) is 34.6 Å². The molecule has 0 unspecified atom stereocenters. The summed E-state index contributed by atoms with van der Waals surface area (Å²) >= 11 is 0. The van der Waals surface area contributed by atoms with Crippen molar-refractivity contribution in [1.29, 1.82) is 0 Å². The fourth-order valence-electron chi connectivity index (χ4n) is 0.442. The van der Waals surface area contributed by atoms with E-state index >= 15 is 0 Å². The SMILES string of the molecule is C=C(C)N(C)C(=O)/C=C\C.CC.CC. The monoisotopic (exact) mass is 199 g/mol. The van der Waals surface area contributed by atoms with Crippen LogP contribution < -0.4 is 0 Å². The molecular formula is C12H25NO. The summed E-state index contributed by atoms with van der Waals surface area (Å²) in [6.07, 6.45) is 3.22. The number of allylic oxidation sites excluding steroid dienone is 2. The van der Waals surface area contributed by atoms with Gasteiger partial charge in [0.1, 0.15) is 0 Å². The first-order chi connectivity index (χ1) is 6.59. The summed E-state index contributed by atoms with van der Waals surface area (Å²) in [5, 5.41) is 0. The van der Waals surface area contributed by atoms with E-state index in [-0.39, 0.29) is 5.91 Å². The van der Waals surface area contributed by atoms with E-state index in [0.29, 0.717) is 0 Å². The highest BCUT2D eigenvalue weighted by atomic mass is 16.2. The first kappa shape index (κ1) is 18.7. The fraction of sp³-hybridized carbons (Fsp3) is 0.583. The quantitative estimate of drug-likeness (QED) is 0.622. The van der Waals surface area contributed by atoms with Crippen LogP contribution in [-0.2, 0) is 4.79 Å². The van der Waals surface area contributed by atoms with Crippen molar-refractivity contribution in [2.45, 2.75) is 41.5 Å². The van der Waals surface area contributed by atoms with Gasteiger partial charge in [-0.15, -0.1) is 0 Å². The summed E-state index contributed by atoms with van der Waals surface area (Å²) in [4.78, 5) is 12.5. The van der Waals surface area contributed by atoms with Gasteiger partial charge >= 0.3 is 0 Å². The fourth-order valence-corrected chi connectivity index (χ4v) is 0.442. The van der Waals surface area contributed by atoms with E-state index in [1.54, 1.807) is 20.0 Å². The molecule has 0 N–H and O–H groups in total. The maximum Gasteiger partial charge on any atom is 0.250 e. The number of hydrogen-bond acceptors (Lipinski definition) is 1. The van der Waals surface area contributed by atoms with Gasteiger partial charge in [-0.25, -0.2) is 0 Å². The van der Waals surface area contributed by atoms with Crippen LogP contribution in [0.5, 0.6) is 0 Å². The van der Waals surface area contributed by atoms with Gasteiger partial charge in [-0.1, -0.05) is 40.3 Å². The summed E-state index contributed by atoms with van der Waals surface area (Å²) in [6, 6.07) is 0. The third kappa shape index (κ3) is 11.0. The van der Waals surface area contributed by atoms with E-state index in [2.05, 4.69) is 6.58 Å². The lowest BCUT2D eigenvalue weighted by atomic mass is 10.4. The summed E-state index contributed by atoms with van der Waals surface area (Å²) in [6.45, 7) is 15.2. The highest BCUT2D eigenvalue weighted by Gasteiger charge is 2.02. The van der Waals surface area contributed by atoms with Crippen LogP contribution in [-0.4, -0.2) is 17.9 Å². The minimum atomic E-state index is -0.0324. The number of carbonyl (C=O) groups excluding carboxylic acids is 1. The van der Waals surface area contributed by atoms with E-state index in [0.717, 1.165) is 5.70 Å². The van der Waals surface area contributed by atoms with Gasteiger partial charge in [-0.05, 0) is 19.9 Å². The Labute approximate surface area is 89.3 Å². The smallest absolute Gasteiger partial charge is 0.250 e. The van der Waals surface area contributed by atoms with Crippen LogP contribution in [0, 0.1) is 0 Å². The predicted molar refractivity (Wildman–Crippen MR) is 65.1 cm³/mol. The second kappa shape index (κ2) is 14.5. The molecular weight excluding hydrogens is 174 g/mol. The Hall–Kier alpha value is -1.05. The average molecular weight is 199 g/mol. The van der Waals surface area contributed by atoms with Crippen molar-refractivity contribution in [2.75, 3.05) is 7.05 Å². The first-order valence-corrected chi connectivity index (χ1v) is 5.15. The Morgan fingerprint density at radius 2 is 1.57 bits per heavy atom. The molecule has 0 saturated heterocycles. The van der Waals surface area contributed by atoms with Gasteiger partial charge in [0, 0.05) is 12.7 Å². The van der Waals surface area contributed by atoms with Crippen molar-refractivity contribution in [2.24, 2.45) is 0 Å². The molecule has 0 aromatic heterocycles. The molecule has 0 fully saturated rings. The molecule has 84 valence electrons. The third-order valence-electron chi connectivity index (χ3n) is 1.21. The Balaban J connectivity index is -0.000000266. The van der Waals surface area contributed by atoms with Crippen LogP contribution in [0.2, 0.25) is 0 Å². The number of likely N-dealkylation sites (N-methyl/N-ethyl adjacent to an activating group) is 1. The van der Waals surface area contributed by atoms with Gasteiger partial charge in [-0.2, -0.15) is 0 Å². The number of nitrogens with zero attached hydrogens (tertiary/aromatic N) is 1. The van der Waals surface area contributed by atoms with Gasteiger partial charge in [-0.3, -0.25) is 4.79 Å². The molecule has 0 heterocycles. The Bertz CT molecular complexity index is 171. The molecule has 0 aromatic rings. The molecule has 0 spiro atoms. The van der Waals surface area contributed by atoms with Gasteiger partial charge in [0.05, 0.1) is 0 Å². The summed E-state index contributed by atoms with van der Waals surface area (Å²) in [7, 11) is 1.70.